The molecule has 0 amide bonds. The van der Waals surface area contributed by atoms with E-state index in [0.717, 1.165) is 6.20 Å². The SMILES string of the molecule is CNc1nc(Nc2cc(C(C)(C)C#N)nn2C)ncc1C(F)F. The third-order valence-corrected chi connectivity index (χ3v) is 3.33. The highest BCUT2D eigenvalue weighted by molar-refractivity contribution is 5.54. The molecule has 0 aliphatic heterocycles. The van der Waals surface area contributed by atoms with Crippen LogP contribution in [0.2, 0.25) is 0 Å². The molecule has 2 rings (SSSR count). The van der Waals surface area contributed by atoms with Crippen LogP contribution in [0, 0.1) is 11.3 Å². The van der Waals surface area contributed by atoms with Gasteiger partial charge in [-0.15, -0.1) is 0 Å². The Labute approximate surface area is 132 Å². The number of nitriles is 1. The summed E-state index contributed by atoms with van der Waals surface area (Å²) in [5, 5.41) is 19.0. The van der Waals surface area contributed by atoms with Crippen LogP contribution in [0.1, 0.15) is 31.5 Å². The minimum Gasteiger partial charge on any atom is -0.373 e. The zero-order chi connectivity index (χ0) is 17.2. The largest absolute Gasteiger partial charge is 0.373 e. The van der Waals surface area contributed by atoms with Gasteiger partial charge in [0.15, 0.2) is 0 Å². The third-order valence-electron chi connectivity index (χ3n) is 3.33. The molecule has 2 N–H and O–H groups in total. The number of alkyl halides is 2. The average molecular weight is 321 g/mol. The second-order valence-electron chi connectivity index (χ2n) is 5.45. The Morgan fingerprint density at radius 1 is 1.39 bits per heavy atom. The van der Waals surface area contributed by atoms with Crippen molar-refractivity contribution in [1.29, 1.82) is 5.26 Å². The van der Waals surface area contributed by atoms with E-state index < -0.39 is 11.8 Å². The molecule has 0 spiro atoms. The van der Waals surface area contributed by atoms with Gasteiger partial charge in [0.25, 0.3) is 6.43 Å². The van der Waals surface area contributed by atoms with Crippen molar-refractivity contribution in [3.8, 4) is 6.07 Å². The summed E-state index contributed by atoms with van der Waals surface area (Å²) in [6, 6.07) is 3.87. The lowest BCUT2D eigenvalue weighted by Gasteiger charge is -2.10. The van der Waals surface area contributed by atoms with Crippen molar-refractivity contribution in [2.24, 2.45) is 7.05 Å². The van der Waals surface area contributed by atoms with Gasteiger partial charge in [0.2, 0.25) is 5.95 Å². The van der Waals surface area contributed by atoms with Gasteiger partial charge >= 0.3 is 0 Å². The van der Waals surface area contributed by atoms with Gasteiger partial charge < -0.3 is 10.6 Å². The lowest BCUT2D eigenvalue weighted by Crippen LogP contribution is -2.14. The molecule has 0 saturated carbocycles. The van der Waals surface area contributed by atoms with Gasteiger partial charge in [-0.1, -0.05) is 0 Å². The molecule has 0 bridgehead atoms. The van der Waals surface area contributed by atoms with Crippen molar-refractivity contribution in [3.63, 3.8) is 0 Å². The Morgan fingerprint density at radius 3 is 2.65 bits per heavy atom. The minimum absolute atomic E-state index is 0.0530. The van der Waals surface area contributed by atoms with E-state index in [-0.39, 0.29) is 17.3 Å². The van der Waals surface area contributed by atoms with Gasteiger partial charge in [0.05, 0.1) is 22.7 Å². The molecule has 0 fully saturated rings. The molecular weight excluding hydrogens is 304 g/mol. The fraction of sp³-hybridized carbons (Fsp3) is 0.429. The Morgan fingerprint density at radius 2 is 2.09 bits per heavy atom. The van der Waals surface area contributed by atoms with Crippen molar-refractivity contribution in [2.45, 2.75) is 25.7 Å². The minimum atomic E-state index is -2.66. The highest BCUT2D eigenvalue weighted by Gasteiger charge is 2.24. The van der Waals surface area contributed by atoms with Crippen LogP contribution in [0.4, 0.5) is 26.4 Å². The van der Waals surface area contributed by atoms with Gasteiger partial charge in [-0.25, -0.2) is 13.8 Å². The molecule has 2 aromatic rings. The first kappa shape index (κ1) is 16.6. The van der Waals surface area contributed by atoms with Crippen LogP contribution >= 0.6 is 0 Å². The Balaban J connectivity index is 2.32. The molecule has 0 aliphatic rings. The normalized spacial score (nSPS) is 11.4. The van der Waals surface area contributed by atoms with Crippen molar-refractivity contribution in [2.75, 3.05) is 17.7 Å². The number of hydrogen-bond donors (Lipinski definition) is 2. The van der Waals surface area contributed by atoms with Gasteiger partial charge in [-0.3, -0.25) is 4.68 Å². The quantitative estimate of drug-likeness (QED) is 0.880. The first-order valence-corrected chi connectivity index (χ1v) is 6.84. The molecule has 0 unspecified atom stereocenters. The van der Waals surface area contributed by atoms with Gasteiger partial charge in [0.1, 0.15) is 11.6 Å². The van der Waals surface area contributed by atoms with Crippen molar-refractivity contribution >= 4 is 17.6 Å². The number of hydrogen-bond acceptors (Lipinski definition) is 6. The van der Waals surface area contributed by atoms with Crippen LogP contribution in [0.25, 0.3) is 0 Å². The summed E-state index contributed by atoms with van der Waals surface area (Å²) in [5.41, 5.74) is -0.425. The van der Waals surface area contributed by atoms with E-state index in [1.54, 1.807) is 27.0 Å². The summed E-state index contributed by atoms with van der Waals surface area (Å²) in [5.74, 6) is 0.760. The third kappa shape index (κ3) is 3.36. The standard InChI is InChI=1S/C14H17F2N7/c1-14(2,7-17)9-5-10(23(4)22-9)20-13-19-6-8(11(15)16)12(18-3)21-13/h5-6,11H,1-4H3,(H2,18,19,20,21). The number of aryl methyl sites for hydroxylation is 1. The van der Waals surface area contributed by atoms with Crippen LogP contribution in [-0.4, -0.2) is 26.8 Å². The molecule has 0 saturated heterocycles. The molecule has 7 nitrogen and oxygen atoms in total. The predicted octanol–water partition coefficient (Wildman–Crippen LogP) is 2.73. The van der Waals surface area contributed by atoms with Crippen molar-refractivity contribution < 1.29 is 8.78 Å². The molecule has 0 aromatic carbocycles. The highest BCUT2D eigenvalue weighted by Crippen LogP contribution is 2.27. The van der Waals surface area contributed by atoms with Crippen LogP contribution in [0.3, 0.4) is 0 Å². The second-order valence-corrected chi connectivity index (χ2v) is 5.45. The summed E-state index contributed by atoms with van der Waals surface area (Å²) in [4.78, 5) is 7.91. The van der Waals surface area contributed by atoms with E-state index in [2.05, 4.69) is 31.8 Å². The summed E-state index contributed by atoms with van der Waals surface area (Å²) in [6.07, 6.45) is -1.59. The van der Waals surface area contributed by atoms with Gasteiger partial charge in [-0.2, -0.15) is 15.3 Å². The number of nitrogens with zero attached hydrogens (tertiary/aromatic N) is 5. The van der Waals surface area contributed by atoms with Crippen LogP contribution in [0.15, 0.2) is 12.3 Å². The van der Waals surface area contributed by atoms with Crippen LogP contribution in [0.5, 0.6) is 0 Å². The Hall–Kier alpha value is -2.76. The summed E-state index contributed by atoms with van der Waals surface area (Å²) in [7, 11) is 3.21. The summed E-state index contributed by atoms with van der Waals surface area (Å²) < 4.78 is 27.2. The average Bonchev–Trinajstić information content (AvgIpc) is 2.88. The van der Waals surface area contributed by atoms with E-state index in [0.29, 0.717) is 11.5 Å². The van der Waals surface area contributed by atoms with Crippen molar-refractivity contribution in [3.05, 3.63) is 23.5 Å². The highest BCUT2D eigenvalue weighted by atomic mass is 19.3. The summed E-state index contributed by atoms with van der Waals surface area (Å²) in [6.45, 7) is 3.51. The zero-order valence-electron chi connectivity index (χ0n) is 13.2. The predicted molar refractivity (Wildman–Crippen MR) is 81.7 cm³/mol. The molecule has 0 radical (unpaired) electrons. The van der Waals surface area contributed by atoms with Gasteiger partial charge in [-0.05, 0) is 13.8 Å². The number of anilines is 3. The molecule has 23 heavy (non-hydrogen) atoms. The maximum absolute atomic E-state index is 12.8. The lowest BCUT2D eigenvalue weighted by atomic mass is 9.92. The molecule has 0 atom stereocenters. The van der Waals surface area contributed by atoms with Crippen molar-refractivity contribution in [1.82, 2.24) is 19.7 Å². The number of aromatic nitrogens is 4. The van der Waals surface area contributed by atoms with Crippen LogP contribution in [-0.2, 0) is 12.5 Å². The van der Waals surface area contributed by atoms with E-state index in [1.165, 1.54) is 11.7 Å². The molecule has 2 aromatic heterocycles. The maximum Gasteiger partial charge on any atom is 0.268 e. The number of nitrogens with one attached hydrogen (secondary N) is 2. The smallest absolute Gasteiger partial charge is 0.268 e. The fourth-order valence-corrected chi connectivity index (χ4v) is 1.87. The first-order valence-electron chi connectivity index (χ1n) is 6.84. The lowest BCUT2D eigenvalue weighted by molar-refractivity contribution is 0.151. The molecule has 2 heterocycles. The second kappa shape index (κ2) is 6.16. The van der Waals surface area contributed by atoms with E-state index >= 15 is 0 Å². The Bertz CT molecular complexity index is 746. The topological polar surface area (TPSA) is 91.5 Å². The molecule has 122 valence electrons. The Kier molecular flexibility index (Phi) is 4.45. The van der Waals surface area contributed by atoms with E-state index in [1.807, 2.05) is 0 Å². The number of halogens is 2. The summed E-state index contributed by atoms with van der Waals surface area (Å²) >= 11 is 0. The monoisotopic (exact) mass is 321 g/mol. The van der Waals surface area contributed by atoms with Crippen LogP contribution < -0.4 is 10.6 Å². The van der Waals surface area contributed by atoms with Gasteiger partial charge in [0, 0.05) is 26.4 Å². The molecular formula is C14H17F2N7. The molecule has 0 aliphatic carbocycles. The zero-order valence-corrected chi connectivity index (χ0v) is 13.2. The fourth-order valence-electron chi connectivity index (χ4n) is 1.87. The van der Waals surface area contributed by atoms with E-state index in [4.69, 9.17) is 5.26 Å². The van der Waals surface area contributed by atoms with E-state index in [9.17, 15) is 8.78 Å². The molecule has 9 heteroatoms. The number of rotatable bonds is 5. The maximum atomic E-state index is 12.8. The first-order chi connectivity index (χ1) is 10.8.